The first-order valence-corrected chi connectivity index (χ1v) is 10.5. The molecule has 1 aromatic carbocycles. The SMILES string of the molecule is Cc1ccc(NC(=O)COC(=O)CS[C@H]2CCS(=O)(=O)C2)c(C)c1. The molecule has 24 heavy (non-hydrogen) atoms. The van der Waals surface area contributed by atoms with E-state index in [4.69, 9.17) is 4.74 Å². The van der Waals surface area contributed by atoms with Crippen molar-refractivity contribution >= 4 is 39.2 Å². The van der Waals surface area contributed by atoms with E-state index in [0.717, 1.165) is 11.1 Å². The molecule has 1 N–H and O–H groups in total. The second-order valence-electron chi connectivity index (χ2n) is 5.86. The first kappa shape index (κ1) is 18.8. The summed E-state index contributed by atoms with van der Waals surface area (Å²) in [4.78, 5) is 23.5. The van der Waals surface area contributed by atoms with Gasteiger partial charge in [0.15, 0.2) is 16.4 Å². The van der Waals surface area contributed by atoms with Crippen LogP contribution in [0.1, 0.15) is 17.5 Å². The van der Waals surface area contributed by atoms with Crippen LogP contribution in [0.4, 0.5) is 5.69 Å². The first-order chi connectivity index (χ1) is 11.2. The topological polar surface area (TPSA) is 89.5 Å². The number of esters is 1. The van der Waals surface area contributed by atoms with Crippen LogP contribution < -0.4 is 5.32 Å². The summed E-state index contributed by atoms with van der Waals surface area (Å²) in [7, 11) is -2.95. The smallest absolute Gasteiger partial charge is 0.316 e. The summed E-state index contributed by atoms with van der Waals surface area (Å²) in [5.74, 6) is -0.573. The van der Waals surface area contributed by atoms with E-state index in [2.05, 4.69) is 5.32 Å². The van der Waals surface area contributed by atoms with Crippen LogP contribution in [0.15, 0.2) is 18.2 Å². The molecular formula is C16H21NO5S2. The second kappa shape index (κ2) is 8.02. The number of sulfone groups is 1. The lowest BCUT2D eigenvalue weighted by Crippen LogP contribution is -2.22. The fourth-order valence-corrected chi connectivity index (χ4v) is 5.85. The van der Waals surface area contributed by atoms with Crippen molar-refractivity contribution in [1.82, 2.24) is 0 Å². The maximum atomic E-state index is 11.8. The minimum absolute atomic E-state index is 0.0526. The van der Waals surface area contributed by atoms with Crippen molar-refractivity contribution in [2.45, 2.75) is 25.5 Å². The van der Waals surface area contributed by atoms with Crippen LogP contribution in [0.5, 0.6) is 0 Å². The molecule has 2 rings (SSSR count). The van der Waals surface area contributed by atoms with Gasteiger partial charge in [-0.15, -0.1) is 11.8 Å². The number of hydrogen-bond donors (Lipinski definition) is 1. The predicted octanol–water partition coefficient (Wildman–Crippen LogP) is 1.71. The summed E-state index contributed by atoms with van der Waals surface area (Å²) in [5, 5.41) is 2.64. The van der Waals surface area contributed by atoms with Crippen molar-refractivity contribution in [3.63, 3.8) is 0 Å². The number of aryl methyl sites for hydroxylation is 2. The Bertz CT molecular complexity index is 730. The van der Waals surface area contributed by atoms with E-state index in [1.54, 1.807) is 6.07 Å². The summed E-state index contributed by atoms with van der Waals surface area (Å²) < 4.78 is 27.6. The van der Waals surface area contributed by atoms with Crippen LogP contribution in [0.2, 0.25) is 0 Å². The Labute approximate surface area is 146 Å². The number of ether oxygens (including phenoxy) is 1. The molecule has 8 heteroatoms. The highest BCUT2D eigenvalue weighted by Gasteiger charge is 2.28. The molecule has 0 aliphatic carbocycles. The standard InChI is InChI=1S/C16H21NO5S2/c1-11-3-4-14(12(2)7-11)17-15(18)8-22-16(19)9-23-13-5-6-24(20,21)10-13/h3-4,7,13H,5-6,8-10H2,1-2H3,(H,17,18)/t13-/m0/s1. The fraction of sp³-hybridized carbons (Fsp3) is 0.500. The van der Waals surface area contributed by atoms with Crippen molar-refractivity contribution in [1.29, 1.82) is 0 Å². The molecule has 1 saturated heterocycles. The molecule has 1 heterocycles. The van der Waals surface area contributed by atoms with Crippen molar-refractivity contribution in [3.8, 4) is 0 Å². The van der Waals surface area contributed by atoms with E-state index in [-0.39, 0.29) is 29.1 Å². The molecule has 0 aromatic heterocycles. The maximum absolute atomic E-state index is 11.8. The lowest BCUT2D eigenvalue weighted by molar-refractivity contribution is -0.144. The largest absolute Gasteiger partial charge is 0.455 e. The number of nitrogens with one attached hydrogen (secondary N) is 1. The first-order valence-electron chi connectivity index (χ1n) is 7.60. The van der Waals surface area contributed by atoms with Crippen LogP contribution in [-0.2, 0) is 24.2 Å². The van der Waals surface area contributed by atoms with Crippen molar-refractivity contribution in [2.24, 2.45) is 0 Å². The van der Waals surface area contributed by atoms with Gasteiger partial charge in [-0.05, 0) is 31.9 Å². The highest BCUT2D eigenvalue weighted by molar-refractivity contribution is 8.02. The summed E-state index contributed by atoms with van der Waals surface area (Å²) >= 11 is 1.27. The molecule has 1 amide bonds. The van der Waals surface area contributed by atoms with Gasteiger partial charge < -0.3 is 10.1 Å². The van der Waals surface area contributed by atoms with Crippen molar-refractivity contribution in [3.05, 3.63) is 29.3 Å². The van der Waals surface area contributed by atoms with Gasteiger partial charge in [-0.1, -0.05) is 17.7 Å². The molecule has 1 fully saturated rings. The Morgan fingerprint density at radius 3 is 2.71 bits per heavy atom. The summed E-state index contributed by atoms with van der Waals surface area (Å²) in [5.41, 5.74) is 2.72. The zero-order valence-corrected chi connectivity index (χ0v) is 15.3. The third kappa shape index (κ3) is 5.83. The number of benzene rings is 1. The van der Waals surface area contributed by atoms with Gasteiger partial charge in [-0.2, -0.15) is 0 Å². The zero-order chi connectivity index (χ0) is 17.7. The maximum Gasteiger partial charge on any atom is 0.316 e. The number of anilines is 1. The molecule has 0 unspecified atom stereocenters. The van der Waals surface area contributed by atoms with Gasteiger partial charge >= 0.3 is 5.97 Å². The molecule has 0 spiro atoms. The lowest BCUT2D eigenvalue weighted by Gasteiger charge is -2.10. The van der Waals surface area contributed by atoms with Gasteiger partial charge in [0.25, 0.3) is 5.91 Å². The van der Waals surface area contributed by atoms with Crippen LogP contribution in [0.3, 0.4) is 0 Å². The van der Waals surface area contributed by atoms with Crippen LogP contribution >= 0.6 is 11.8 Å². The van der Waals surface area contributed by atoms with Gasteiger partial charge in [0.2, 0.25) is 0 Å². The molecule has 1 aliphatic heterocycles. The molecule has 0 saturated carbocycles. The van der Waals surface area contributed by atoms with E-state index >= 15 is 0 Å². The highest BCUT2D eigenvalue weighted by Crippen LogP contribution is 2.24. The number of rotatable bonds is 6. The molecule has 0 bridgehead atoms. The highest BCUT2D eigenvalue weighted by atomic mass is 32.2. The Balaban J connectivity index is 1.70. The molecule has 0 radical (unpaired) electrons. The molecular weight excluding hydrogens is 350 g/mol. The molecule has 1 aromatic rings. The van der Waals surface area contributed by atoms with Crippen LogP contribution in [-0.4, -0.2) is 49.4 Å². The van der Waals surface area contributed by atoms with Gasteiger partial charge in [0.1, 0.15) is 0 Å². The average molecular weight is 371 g/mol. The Morgan fingerprint density at radius 1 is 1.33 bits per heavy atom. The normalized spacial score (nSPS) is 19.0. The van der Waals surface area contributed by atoms with Crippen LogP contribution in [0, 0.1) is 13.8 Å². The molecule has 132 valence electrons. The average Bonchev–Trinajstić information content (AvgIpc) is 2.85. The number of carbonyl (C=O) groups excluding carboxylic acids is 2. The monoisotopic (exact) mass is 371 g/mol. The molecule has 1 aliphatic rings. The predicted molar refractivity (Wildman–Crippen MR) is 95.0 cm³/mol. The minimum Gasteiger partial charge on any atom is -0.455 e. The van der Waals surface area contributed by atoms with Crippen LogP contribution in [0.25, 0.3) is 0 Å². The zero-order valence-electron chi connectivity index (χ0n) is 13.7. The number of thioether (sulfide) groups is 1. The van der Waals surface area contributed by atoms with Gasteiger partial charge in [0, 0.05) is 10.9 Å². The van der Waals surface area contributed by atoms with E-state index < -0.39 is 21.7 Å². The second-order valence-corrected chi connectivity index (χ2v) is 9.38. The summed E-state index contributed by atoms with van der Waals surface area (Å²) in [6.45, 7) is 3.50. The number of carbonyl (C=O) groups is 2. The van der Waals surface area contributed by atoms with E-state index in [1.165, 1.54) is 11.8 Å². The quantitative estimate of drug-likeness (QED) is 0.766. The van der Waals surface area contributed by atoms with E-state index in [1.807, 2.05) is 26.0 Å². The van der Waals surface area contributed by atoms with Gasteiger partial charge in [-0.25, -0.2) is 8.42 Å². The van der Waals surface area contributed by atoms with Crippen molar-refractivity contribution < 1.29 is 22.7 Å². The minimum atomic E-state index is -2.95. The third-order valence-electron chi connectivity index (χ3n) is 3.65. The van der Waals surface area contributed by atoms with Crippen molar-refractivity contribution in [2.75, 3.05) is 29.2 Å². The van der Waals surface area contributed by atoms with E-state index in [9.17, 15) is 18.0 Å². The van der Waals surface area contributed by atoms with E-state index in [0.29, 0.717) is 12.1 Å². The Kier molecular flexibility index (Phi) is 6.28. The molecule has 1 atom stereocenters. The van der Waals surface area contributed by atoms with Gasteiger partial charge in [-0.3, -0.25) is 9.59 Å². The number of hydrogen-bond acceptors (Lipinski definition) is 6. The number of amides is 1. The summed E-state index contributed by atoms with van der Waals surface area (Å²) in [6, 6.07) is 5.65. The third-order valence-corrected chi connectivity index (χ3v) is 6.90. The lowest BCUT2D eigenvalue weighted by atomic mass is 10.1. The van der Waals surface area contributed by atoms with Gasteiger partial charge in [0.05, 0.1) is 17.3 Å². The Hall–Kier alpha value is -1.54. The fourth-order valence-electron chi connectivity index (χ4n) is 2.41. The molecule has 6 nitrogen and oxygen atoms in total. The Morgan fingerprint density at radius 2 is 2.08 bits per heavy atom. The summed E-state index contributed by atoms with van der Waals surface area (Å²) in [6.07, 6.45) is 0.563.